The molecule has 0 fully saturated rings. The lowest BCUT2D eigenvalue weighted by Gasteiger charge is -2.12. The summed E-state index contributed by atoms with van der Waals surface area (Å²) in [6.07, 6.45) is 2.57. The van der Waals surface area contributed by atoms with E-state index in [-0.39, 0.29) is 5.91 Å². The van der Waals surface area contributed by atoms with Gasteiger partial charge in [0.05, 0.1) is 24.9 Å². The maximum Gasteiger partial charge on any atom is 0.260 e. The molecule has 5 heteroatoms. The molecule has 0 aliphatic carbocycles. The van der Waals surface area contributed by atoms with E-state index in [0.29, 0.717) is 30.3 Å². The van der Waals surface area contributed by atoms with Crippen LogP contribution in [0.25, 0.3) is 0 Å². The molecule has 1 heterocycles. The number of hydrogen-bond acceptors (Lipinski definition) is 3. The number of para-hydroxylation sites is 1. The second kappa shape index (κ2) is 8.15. The fourth-order valence-corrected chi connectivity index (χ4v) is 2.50. The van der Waals surface area contributed by atoms with E-state index in [4.69, 9.17) is 4.74 Å². The number of rotatable bonds is 7. The first-order valence-corrected chi connectivity index (χ1v) is 8.37. The second-order valence-electron chi connectivity index (χ2n) is 5.66. The maximum absolute atomic E-state index is 12.7. The molecular weight excluding hydrogens is 314 g/mol. The topological polar surface area (TPSA) is 56.1 Å². The summed E-state index contributed by atoms with van der Waals surface area (Å²) in [6, 6.07) is 19.1. The molecule has 1 aromatic heterocycles. The molecule has 3 rings (SSSR count). The van der Waals surface area contributed by atoms with Crippen LogP contribution in [0.5, 0.6) is 5.75 Å². The van der Waals surface area contributed by atoms with Gasteiger partial charge in [-0.2, -0.15) is 5.10 Å². The van der Waals surface area contributed by atoms with Crippen molar-refractivity contribution in [3.05, 3.63) is 78.0 Å². The first kappa shape index (κ1) is 16.8. The zero-order valence-corrected chi connectivity index (χ0v) is 14.2. The highest BCUT2D eigenvalue weighted by molar-refractivity contribution is 6.05. The molecule has 0 spiro atoms. The number of anilines is 1. The van der Waals surface area contributed by atoms with Gasteiger partial charge in [-0.3, -0.25) is 4.79 Å². The van der Waals surface area contributed by atoms with Crippen molar-refractivity contribution in [2.45, 2.75) is 19.9 Å². The quantitative estimate of drug-likeness (QED) is 0.711. The van der Waals surface area contributed by atoms with Gasteiger partial charge in [-0.05, 0) is 24.1 Å². The molecule has 0 aliphatic rings. The van der Waals surface area contributed by atoms with Gasteiger partial charge >= 0.3 is 0 Å². The Balaban J connectivity index is 1.75. The molecule has 0 atom stereocenters. The van der Waals surface area contributed by atoms with Gasteiger partial charge in [0.1, 0.15) is 11.6 Å². The molecule has 0 radical (unpaired) electrons. The SMILES string of the molecule is CCCOc1ccccc1C(=O)Nc1ccnn1Cc1ccccc1. The van der Waals surface area contributed by atoms with Crippen LogP contribution in [0.15, 0.2) is 66.9 Å². The Morgan fingerprint density at radius 3 is 2.64 bits per heavy atom. The Kier molecular flexibility index (Phi) is 5.46. The summed E-state index contributed by atoms with van der Waals surface area (Å²) in [6.45, 7) is 3.21. The molecule has 0 unspecified atom stereocenters. The van der Waals surface area contributed by atoms with E-state index in [9.17, 15) is 4.79 Å². The van der Waals surface area contributed by atoms with Crippen LogP contribution in [-0.4, -0.2) is 22.3 Å². The van der Waals surface area contributed by atoms with Gasteiger partial charge in [0.2, 0.25) is 0 Å². The van der Waals surface area contributed by atoms with Gasteiger partial charge in [0.15, 0.2) is 0 Å². The number of ether oxygens (including phenoxy) is 1. The Morgan fingerprint density at radius 1 is 1.08 bits per heavy atom. The second-order valence-corrected chi connectivity index (χ2v) is 5.66. The van der Waals surface area contributed by atoms with Gasteiger partial charge in [0, 0.05) is 6.07 Å². The third-order valence-corrected chi connectivity index (χ3v) is 3.73. The summed E-state index contributed by atoms with van der Waals surface area (Å²) in [5.74, 6) is 1.04. The van der Waals surface area contributed by atoms with E-state index in [2.05, 4.69) is 10.4 Å². The molecule has 1 N–H and O–H groups in total. The summed E-state index contributed by atoms with van der Waals surface area (Å²) in [4.78, 5) is 12.7. The highest BCUT2D eigenvalue weighted by atomic mass is 16.5. The van der Waals surface area contributed by atoms with E-state index in [1.165, 1.54) is 0 Å². The minimum Gasteiger partial charge on any atom is -0.493 e. The molecule has 25 heavy (non-hydrogen) atoms. The maximum atomic E-state index is 12.7. The monoisotopic (exact) mass is 335 g/mol. The van der Waals surface area contributed by atoms with Crippen molar-refractivity contribution in [1.29, 1.82) is 0 Å². The predicted octanol–water partition coefficient (Wildman–Crippen LogP) is 3.97. The predicted molar refractivity (Wildman–Crippen MR) is 98.0 cm³/mol. The highest BCUT2D eigenvalue weighted by Crippen LogP contribution is 2.20. The van der Waals surface area contributed by atoms with Crippen LogP contribution < -0.4 is 10.1 Å². The standard InChI is InChI=1S/C20H21N3O2/c1-2-14-25-18-11-7-6-10-17(18)20(24)22-19-12-13-21-23(19)15-16-8-4-3-5-9-16/h3-13H,2,14-15H2,1H3,(H,22,24). The number of amides is 1. The average molecular weight is 335 g/mol. The Hall–Kier alpha value is -3.08. The smallest absolute Gasteiger partial charge is 0.260 e. The fraction of sp³-hybridized carbons (Fsp3) is 0.200. The van der Waals surface area contributed by atoms with Crippen molar-refractivity contribution in [3.8, 4) is 5.75 Å². The summed E-state index contributed by atoms with van der Waals surface area (Å²) < 4.78 is 7.44. The fourth-order valence-electron chi connectivity index (χ4n) is 2.50. The Bertz CT molecular complexity index is 828. The van der Waals surface area contributed by atoms with Crippen molar-refractivity contribution in [2.75, 3.05) is 11.9 Å². The minimum atomic E-state index is -0.207. The summed E-state index contributed by atoms with van der Waals surface area (Å²) in [7, 11) is 0. The zero-order chi connectivity index (χ0) is 17.5. The summed E-state index contributed by atoms with van der Waals surface area (Å²) in [5, 5.41) is 7.23. The largest absolute Gasteiger partial charge is 0.493 e. The van der Waals surface area contributed by atoms with Crippen LogP contribution >= 0.6 is 0 Å². The molecule has 0 saturated carbocycles. The molecular formula is C20H21N3O2. The van der Waals surface area contributed by atoms with Crippen molar-refractivity contribution in [2.24, 2.45) is 0 Å². The number of nitrogens with zero attached hydrogens (tertiary/aromatic N) is 2. The normalized spacial score (nSPS) is 10.4. The van der Waals surface area contributed by atoms with Gasteiger partial charge < -0.3 is 10.1 Å². The van der Waals surface area contributed by atoms with Gasteiger partial charge in [0.25, 0.3) is 5.91 Å². The number of nitrogens with one attached hydrogen (secondary N) is 1. The third kappa shape index (κ3) is 4.26. The number of hydrogen-bond donors (Lipinski definition) is 1. The van der Waals surface area contributed by atoms with Crippen LogP contribution in [0, 0.1) is 0 Å². The summed E-state index contributed by atoms with van der Waals surface area (Å²) >= 11 is 0. The number of aromatic nitrogens is 2. The van der Waals surface area contributed by atoms with E-state index in [0.717, 1.165) is 12.0 Å². The zero-order valence-electron chi connectivity index (χ0n) is 14.2. The number of carbonyl (C=O) groups is 1. The number of carbonyl (C=O) groups excluding carboxylic acids is 1. The molecule has 0 aliphatic heterocycles. The van der Waals surface area contributed by atoms with Crippen LogP contribution in [-0.2, 0) is 6.54 Å². The molecule has 128 valence electrons. The number of benzene rings is 2. The lowest BCUT2D eigenvalue weighted by Crippen LogP contribution is -2.17. The molecule has 0 bridgehead atoms. The Labute approximate surface area is 147 Å². The first-order chi connectivity index (χ1) is 12.3. The van der Waals surface area contributed by atoms with E-state index >= 15 is 0 Å². The lowest BCUT2D eigenvalue weighted by atomic mass is 10.2. The van der Waals surface area contributed by atoms with Crippen LogP contribution in [0.1, 0.15) is 29.3 Å². The van der Waals surface area contributed by atoms with Gasteiger partial charge in [-0.25, -0.2) is 4.68 Å². The van der Waals surface area contributed by atoms with Gasteiger partial charge in [-0.15, -0.1) is 0 Å². The van der Waals surface area contributed by atoms with E-state index in [1.807, 2.05) is 55.5 Å². The summed E-state index contributed by atoms with van der Waals surface area (Å²) in [5.41, 5.74) is 1.64. The van der Waals surface area contributed by atoms with Crippen molar-refractivity contribution in [1.82, 2.24) is 9.78 Å². The lowest BCUT2D eigenvalue weighted by molar-refractivity contribution is 0.102. The third-order valence-electron chi connectivity index (χ3n) is 3.73. The molecule has 3 aromatic rings. The molecule has 5 nitrogen and oxygen atoms in total. The van der Waals surface area contributed by atoms with Crippen LogP contribution in [0.2, 0.25) is 0 Å². The van der Waals surface area contributed by atoms with Gasteiger partial charge in [-0.1, -0.05) is 49.4 Å². The van der Waals surface area contributed by atoms with E-state index in [1.54, 1.807) is 23.0 Å². The van der Waals surface area contributed by atoms with Crippen LogP contribution in [0.4, 0.5) is 5.82 Å². The minimum absolute atomic E-state index is 0.207. The molecule has 0 saturated heterocycles. The van der Waals surface area contributed by atoms with E-state index < -0.39 is 0 Å². The van der Waals surface area contributed by atoms with Crippen LogP contribution in [0.3, 0.4) is 0 Å². The molecule has 1 amide bonds. The molecule has 2 aromatic carbocycles. The highest BCUT2D eigenvalue weighted by Gasteiger charge is 2.14. The van der Waals surface area contributed by atoms with Crippen molar-refractivity contribution >= 4 is 11.7 Å². The Morgan fingerprint density at radius 2 is 1.84 bits per heavy atom. The van der Waals surface area contributed by atoms with Crippen molar-refractivity contribution in [3.63, 3.8) is 0 Å². The first-order valence-electron chi connectivity index (χ1n) is 8.37. The average Bonchev–Trinajstić information content (AvgIpc) is 3.07. The van der Waals surface area contributed by atoms with Crippen molar-refractivity contribution < 1.29 is 9.53 Å².